The highest BCUT2D eigenvalue weighted by Gasteiger charge is 2.17. The Bertz CT molecular complexity index is 617. The molecule has 0 saturated carbocycles. The number of nitrogens with two attached hydrogens (primary N) is 1. The Morgan fingerprint density at radius 3 is 2.45 bits per heavy atom. The molecule has 1 aliphatic carbocycles. The lowest BCUT2D eigenvalue weighted by atomic mass is 9.96. The molecule has 0 heterocycles. The van der Waals surface area contributed by atoms with Gasteiger partial charge in [-0.15, -0.1) is 0 Å². The van der Waals surface area contributed by atoms with Crippen molar-refractivity contribution in [2.24, 2.45) is 5.73 Å². The van der Waals surface area contributed by atoms with Gasteiger partial charge in [-0.25, -0.2) is 8.78 Å². The summed E-state index contributed by atoms with van der Waals surface area (Å²) in [6.07, 6.45) is 3.55. The second-order valence-electron chi connectivity index (χ2n) is 5.39. The lowest BCUT2D eigenvalue weighted by Crippen LogP contribution is -2.15. The molecule has 0 spiro atoms. The highest BCUT2D eigenvalue weighted by molar-refractivity contribution is 5.37. The summed E-state index contributed by atoms with van der Waals surface area (Å²) >= 11 is 0. The van der Waals surface area contributed by atoms with E-state index in [0.29, 0.717) is 0 Å². The molecule has 2 N–H and O–H groups in total. The van der Waals surface area contributed by atoms with Crippen LogP contribution in [0.3, 0.4) is 0 Å². The Balaban J connectivity index is 1.84. The van der Waals surface area contributed by atoms with Crippen LogP contribution >= 0.6 is 0 Å². The summed E-state index contributed by atoms with van der Waals surface area (Å²) in [5.74, 6) is -1.05. The van der Waals surface area contributed by atoms with Gasteiger partial charge in [-0.1, -0.05) is 24.3 Å². The largest absolute Gasteiger partial charge is 0.324 e. The summed E-state index contributed by atoms with van der Waals surface area (Å²) in [5, 5.41) is 0. The number of halogens is 2. The van der Waals surface area contributed by atoms with E-state index < -0.39 is 11.6 Å². The van der Waals surface area contributed by atoms with Crippen molar-refractivity contribution in [1.29, 1.82) is 0 Å². The molecular formula is C17H17F2N. The Kier molecular flexibility index (Phi) is 3.53. The van der Waals surface area contributed by atoms with Gasteiger partial charge in [0.2, 0.25) is 0 Å². The number of rotatable bonds is 3. The molecule has 0 aliphatic heterocycles. The first kappa shape index (κ1) is 13.3. The van der Waals surface area contributed by atoms with Gasteiger partial charge in [0.1, 0.15) is 11.6 Å². The average Bonchev–Trinajstić information content (AvgIpc) is 2.90. The van der Waals surface area contributed by atoms with E-state index in [1.165, 1.54) is 35.7 Å². The molecule has 1 unspecified atom stereocenters. The van der Waals surface area contributed by atoms with E-state index in [1.54, 1.807) is 0 Å². The van der Waals surface area contributed by atoms with Gasteiger partial charge in [-0.2, -0.15) is 0 Å². The van der Waals surface area contributed by atoms with Crippen LogP contribution in [0.2, 0.25) is 0 Å². The molecule has 104 valence electrons. The summed E-state index contributed by atoms with van der Waals surface area (Å²) < 4.78 is 27.3. The highest BCUT2D eigenvalue weighted by Crippen LogP contribution is 2.27. The molecule has 0 bridgehead atoms. The van der Waals surface area contributed by atoms with Crippen LogP contribution in [0.15, 0.2) is 36.4 Å². The number of benzene rings is 2. The maximum absolute atomic E-state index is 13.7. The van der Waals surface area contributed by atoms with Gasteiger partial charge in [0.15, 0.2) is 0 Å². The summed E-state index contributed by atoms with van der Waals surface area (Å²) in [4.78, 5) is 0. The molecule has 1 nitrogen and oxygen atoms in total. The summed E-state index contributed by atoms with van der Waals surface area (Å²) in [7, 11) is 0. The van der Waals surface area contributed by atoms with Crippen molar-refractivity contribution in [3.05, 3.63) is 70.3 Å². The van der Waals surface area contributed by atoms with Crippen molar-refractivity contribution in [1.82, 2.24) is 0 Å². The molecule has 0 amide bonds. The molecule has 3 rings (SSSR count). The van der Waals surface area contributed by atoms with E-state index in [4.69, 9.17) is 5.73 Å². The quantitative estimate of drug-likeness (QED) is 0.906. The zero-order valence-electron chi connectivity index (χ0n) is 11.2. The first-order valence-corrected chi connectivity index (χ1v) is 6.95. The van der Waals surface area contributed by atoms with Crippen LogP contribution < -0.4 is 5.73 Å². The van der Waals surface area contributed by atoms with E-state index in [-0.39, 0.29) is 18.0 Å². The second-order valence-corrected chi connectivity index (χ2v) is 5.39. The van der Waals surface area contributed by atoms with Crippen LogP contribution in [0.25, 0.3) is 0 Å². The van der Waals surface area contributed by atoms with Crippen molar-refractivity contribution < 1.29 is 8.78 Å². The predicted octanol–water partition coefficient (Wildman–Crippen LogP) is 3.70. The van der Waals surface area contributed by atoms with E-state index in [9.17, 15) is 8.78 Å². The van der Waals surface area contributed by atoms with Crippen LogP contribution in [-0.4, -0.2) is 0 Å². The van der Waals surface area contributed by atoms with Crippen molar-refractivity contribution in [2.45, 2.75) is 31.7 Å². The molecule has 0 fully saturated rings. The van der Waals surface area contributed by atoms with Gasteiger partial charge >= 0.3 is 0 Å². The number of aryl methyl sites for hydroxylation is 2. The minimum absolute atomic E-state index is 0.0699. The third kappa shape index (κ3) is 2.46. The van der Waals surface area contributed by atoms with Gasteiger partial charge in [-0.3, -0.25) is 0 Å². The van der Waals surface area contributed by atoms with Crippen molar-refractivity contribution in [2.75, 3.05) is 0 Å². The van der Waals surface area contributed by atoms with Gasteiger partial charge < -0.3 is 5.73 Å². The molecule has 2 aromatic carbocycles. The minimum atomic E-state index is -0.526. The Morgan fingerprint density at radius 2 is 1.70 bits per heavy atom. The van der Waals surface area contributed by atoms with Crippen molar-refractivity contribution in [3.8, 4) is 0 Å². The molecule has 0 aromatic heterocycles. The SMILES string of the molecule is NC(Cc1c(F)cccc1F)c1ccc2c(c1)CCC2. The van der Waals surface area contributed by atoms with Gasteiger partial charge in [0, 0.05) is 11.6 Å². The predicted molar refractivity (Wildman–Crippen MR) is 75.5 cm³/mol. The maximum atomic E-state index is 13.7. The van der Waals surface area contributed by atoms with Crippen molar-refractivity contribution >= 4 is 0 Å². The van der Waals surface area contributed by atoms with Crippen LogP contribution in [0.1, 0.15) is 34.7 Å². The lowest BCUT2D eigenvalue weighted by molar-refractivity contribution is 0.540. The van der Waals surface area contributed by atoms with Crippen LogP contribution in [0, 0.1) is 11.6 Å². The molecule has 1 atom stereocenters. The van der Waals surface area contributed by atoms with E-state index >= 15 is 0 Å². The maximum Gasteiger partial charge on any atom is 0.129 e. The molecule has 2 aromatic rings. The van der Waals surface area contributed by atoms with Crippen LogP contribution in [-0.2, 0) is 19.3 Å². The van der Waals surface area contributed by atoms with E-state index in [1.807, 2.05) is 6.07 Å². The average molecular weight is 273 g/mol. The summed E-state index contributed by atoms with van der Waals surface area (Å²) in [5.41, 5.74) is 9.85. The van der Waals surface area contributed by atoms with Gasteiger partial charge in [-0.05, 0) is 54.5 Å². The Labute approximate surface area is 117 Å². The number of hydrogen-bond acceptors (Lipinski definition) is 1. The smallest absolute Gasteiger partial charge is 0.129 e. The fraction of sp³-hybridized carbons (Fsp3) is 0.294. The topological polar surface area (TPSA) is 26.0 Å². The van der Waals surface area contributed by atoms with E-state index in [2.05, 4.69) is 12.1 Å². The standard InChI is InChI=1S/C17H17F2N/c18-15-5-2-6-16(19)14(15)10-17(20)13-8-7-11-3-1-4-12(11)9-13/h2,5-9,17H,1,3-4,10,20H2. The normalized spacial score (nSPS) is 15.2. The first-order chi connectivity index (χ1) is 9.65. The third-order valence-electron chi connectivity index (χ3n) is 4.04. The molecular weight excluding hydrogens is 256 g/mol. The zero-order valence-corrected chi connectivity index (χ0v) is 11.2. The lowest BCUT2D eigenvalue weighted by Gasteiger charge is -2.14. The highest BCUT2D eigenvalue weighted by atomic mass is 19.1. The molecule has 0 saturated heterocycles. The molecule has 1 aliphatic rings. The van der Waals surface area contributed by atoms with E-state index in [0.717, 1.165) is 18.4 Å². The summed E-state index contributed by atoms with van der Waals surface area (Å²) in [6, 6.07) is 9.69. The minimum Gasteiger partial charge on any atom is -0.324 e. The van der Waals surface area contributed by atoms with Crippen LogP contribution in [0.4, 0.5) is 8.78 Å². The van der Waals surface area contributed by atoms with Gasteiger partial charge in [0.25, 0.3) is 0 Å². The Hall–Kier alpha value is -1.74. The monoisotopic (exact) mass is 273 g/mol. The van der Waals surface area contributed by atoms with Crippen LogP contribution in [0.5, 0.6) is 0 Å². The fourth-order valence-electron chi connectivity index (χ4n) is 2.89. The van der Waals surface area contributed by atoms with Crippen molar-refractivity contribution in [3.63, 3.8) is 0 Å². The summed E-state index contributed by atoms with van der Waals surface area (Å²) in [6.45, 7) is 0. The molecule has 3 heteroatoms. The Morgan fingerprint density at radius 1 is 1.00 bits per heavy atom. The molecule has 20 heavy (non-hydrogen) atoms. The number of fused-ring (bicyclic) bond motifs is 1. The zero-order chi connectivity index (χ0) is 14.1. The third-order valence-corrected chi connectivity index (χ3v) is 4.04. The first-order valence-electron chi connectivity index (χ1n) is 6.95. The second kappa shape index (κ2) is 5.33. The fourth-order valence-corrected chi connectivity index (χ4v) is 2.89. The number of hydrogen-bond donors (Lipinski definition) is 1. The molecule has 0 radical (unpaired) electrons. The van der Waals surface area contributed by atoms with Gasteiger partial charge in [0.05, 0.1) is 0 Å².